The molecular formula is C10H13N5OS. The van der Waals surface area contributed by atoms with E-state index in [-0.39, 0.29) is 12.0 Å². The van der Waals surface area contributed by atoms with Gasteiger partial charge in [-0.15, -0.1) is 11.8 Å². The number of thioether (sulfide) groups is 1. The maximum Gasteiger partial charge on any atom is 0.166 e. The van der Waals surface area contributed by atoms with Gasteiger partial charge in [0.15, 0.2) is 11.5 Å². The van der Waals surface area contributed by atoms with Crippen LogP contribution in [0.1, 0.15) is 18.2 Å². The molecule has 2 aromatic rings. The number of anilines is 1. The highest BCUT2D eigenvalue weighted by Gasteiger charge is 2.27. The summed E-state index contributed by atoms with van der Waals surface area (Å²) in [6.45, 7) is 0.227. The van der Waals surface area contributed by atoms with Gasteiger partial charge in [0.25, 0.3) is 0 Å². The molecule has 6 nitrogen and oxygen atoms in total. The van der Waals surface area contributed by atoms with Crippen LogP contribution in [0, 0.1) is 0 Å². The second kappa shape index (κ2) is 4.15. The number of aliphatic hydroxyl groups is 1. The highest BCUT2D eigenvalue weighted by Crippen LogP contribution is 2.42. The Balaban J connectivity index is 1.99. The van der Waals surface area contributed by atoms with Gasteiger partial charge in [-0.25, -0.2) is 15.0 Å². The summed E-state index contributed by atoms with van der Waals surface area (Å²) in [5.41, 5.74) is 7.17. The van der Waals surface area contributed by atoms with E-state index < -0.39 is 0 Å². The van der Waals surface area contributed by atoms with Crippen molar-refractivity contribution >= 4 is 28.7 Å². The number of nitrogens with zero attached hydrogens (tertiary/aromatic N) is 4. The largest absolute Gasteiger partial charge is 0.395 e. The van der Waals surface area contributed by atoms with Gasteiger partial charge in [0, 0.05) is 5.25 Å². The Bertz CT molecular complexity index is 542. The van der Waals surface area contributed by atoms with E-state index in [1.807, 2.05) is 4.57 Å². The number of hydrogen-bond acceptors (Lipinski definition) is 6. The molecule has 3 rings (SSSR count). The van der Waals surface area contributed by atoms with Crippen molar-refractivity contribution in [1.82, 2.24) is 19.5 Å². The Hall–Kier alpha value is -1.34. The normalized spacial score (nSPS) is 24.5. The van der Waals surface area contributed by atoms with Crippen LogP contribution in [-0.4, -0.2) is 36.5 Å². The smallest absolute Gasteiger partial charge is 0.166 e. The van der Waals surface area contributed by atoms with Crippen LogP contribution in [0.4, 0.5) is 5.82 Å². The van der Waals surface area contributed by atoms with E-state index in [9.17, 15) is 0 Å². The Kier molecular flexibility index (Phi) is 2.64. The second-order valence-corrected chi connectivity index (χ2v) is 5.54. The predicted molar refractivity (Wildman–Crippen MR) is 66.5 cm³/mol. The first-order valence-electron chi connectivity index (χ1n) is 5.49. The topological polar surface area (TPSA) is 89.9 Å². The molecule has 2 aromatic heterocycles. The summed E-state index contributed by atoms with van der Waals surface area (Å²) in [6, 6.07) is 0. The third-order valence-corrected chi connectivity index (χ3v) is 4.53. The molecule has 0 amide bonds. The van der Waals surface area contributed by atoms with Crippen molar-refractivity contribution in [3.8, 4) is 0 Å². The summed E-state index contributed by atoms with van der Waals surface area (Å²) < 4.78 is 2.02. The second-order valence-electron chi connectivity index (χ2n) is 4.06. The Labute approximate surface area is 102 Å². The van der Waals surface area contributed by atoms with Crippen molar-refractivity contribution < 1.29 is 5.11 Å². The number of imidazole rings is 1. The highest BCUT2D eigenvalue weighted by atomic mass is 32.2. The van der Waals surface area contributed by atoms with Gasteiger partial charge in [0.2, 0.25) is 0 Å². The summed E-state index contributed by atoms with van der Waals surface area (Å²) in [4.78, 5) is 12.4. The van der Waals surface area contributed by atoms with Crippen molar-refractivity contribution in [3.05, 3.63) is 12.7 Å². The van der Waals surface area contributed by atoms with Gasteiger partial charge in [-0.3, -0.25) is 0 Å². The van der Waals surface area contributed by atoms with Crippen LogP contribution in [0.25, 0.3) is 11.2 Å². The zero-order valence-corrected chi connectivity index (χ0v) is 9.97. The predicted octanol–water partition coefficient (Wildman–Crippen LogP) is 0.795. The molecule has 17 heavy (non-hydrogen) atoms. The quantitative estimate of drug-likeness (QED) is 0.820. The summed E-state index contributed by atoms with van der Waals surface area (Å²) in [7, 11) is 0. The summed E-state index contributed by atoms with van der Waals surface area (Å²) in [5.74, 6) is 0.412. The SMILES string of the molecule is Nc1ncnc2c1ncn2[C@H]1CC[C@H](CO)S1. The molecule has 0 spiro atoms. The monoisotopic (exact) mass is 251 g/mol. The highest BCUT2D eigenvalue weighted by molar-refractivity contribution is 8.00. The first-order chi connectivity index (χ1) is 8.29. The summed E-state index contributed by atoms with van der Waals surface area (Å²) in [6.07, 6.45) is 5.25. The lowest BCUT2D eigenvalue weighted by atomic mass is 10.2. The van der Waals surface area contributed by atoms with E-state index in [1.54, 1.807) is 18.1 Å². The molecule has 2 atom stereocenters. The molecule has 0 bridgehead atoms. The van der Waals surface area contributed by atoms with E-state index in [2.05, 4.69) is 15.0 Å². The molecule has 1 aliphatic heterocycles. The van der Waals surface area contributed by atoms with Gasteiger partial charge in [-0.05, 0) is 12.8 Å². The van der Waals surface area contributed by atoms with Gasteiger partial charge < -0.3 is 15.4 Å². The van der Waals surface area contributed by atoms with Crippen LogP contribution in [0.3, 0.4) is 0 Å². The lowest BCUT2D eigenvalue weighted by Gasteiger charge is -2.11. The maximum atomic E-state index is 9.15. The van der Waals surface area contributed by atoms with E-state index in [0.29, 0.717) is 16.6 Å². The molecule has 0 aliphatic carbocycles. The summed E-state index contributed by atoms with van der Waals surface area (Å²) in [5, 5.41) is 9.75. The number of rotatable bonds is 2. The first-order valence-corrected chi connectivity index (χ1v) is 6.43. The van der Waals surface area contributed by atoms with Gasteiger partial charge in [0.1, 0.15) is 11.8 Å². The van der Waals surface area contributed by atoms with Crippen LogP contribution >= 0.6 is 11.8 Å². The Morgan fingerprint density at radius 3 is 3.06 bits per heavy atom. The minimum atomic E-state index is 0.227. The Morgan fingerprint density at radius 1 is 1.41 bits per heavy atom. The van der Waals surface area contributed by atoms with E-state index in [1.165, 1.54) is 6.33 Å². The van der Waals surface area contributed by atoms with Crippen LogP contribution < -0.4 is 5.73 Å². The van der Waals surface area contributed by atoms with Gasteiger partial charge >= 0.3 is 0 Å². The molecular weight excluding hydrogens is 238 g/mol. The standard InChI is InChI=1S/C10H13N5OS/c11-9-8-10(13-4-12-9)15(5-14-8)7-2-1-6(3-16)17-7/h4-7,16H,1-3H2,(H2,11,12,13)/t6-,7-/m1/s1. The fourth-order valence-corrected chi connectivity index (χ4v) is 3.47. The average Bonchev–Trinajstić information content (AvgIpc) is 2.94. The van der Waals surface area contributed by atoms with Crippen molar-refractivity contribution in [2.45, 2.75) is 23.5 Å². The molecule has 0 radical (unpaired) electrons. The average molecular weight is 251 g/mol. The third-order valence-electron chi connectivity index (χ3n) is 2.99. The molecule has 3 N–H and O–H groups in total. The number of aromatic nitrogens is 4. The number of hydrogen-bond donors (Lipinski definition) is 2. The molecule has 3 heterocycles. The van der Waals surface area contributed by atoms with Crippen LogP contribution in [0.15, 0.2) is 12.7 Å². The number of nitrogens with two attached hydrogens (primary N) is 1. The lowest BCUT2D eigenvalue weighted by molar-refractivity contribution is 0.292. The third kappa shape index (κ3) is 1.75. The fraction of sp³-hybridized carbons (Fsp3) is 0.500. The number of aliphatic hydroxyl groups excluding tert-OH is 1. The fourth-order valence-electron chi connectivity index (χ4n) is 2.11. The van der Waals surface area contributed by atoms with Crippen molar-refractivity contribution in [2.24, 2.45) is 0 Å². The first kappa shape index (κ1) is 10.8. The van der Waals surface area contributed by atoms with E-state index in [0.717, 1.165) is 18.5 Å². The van der Waals surface area contributed by atoms with Gasteiger partial charge in [-0.1, -0.05) is 0 Å². The summed E-state index contributed by atoms with van der Waals surface area (Å²) >= 11 is 1.76. The molecule has 7 heteroatoms. The molecule has 0 saturated carbocycles. The lowest BCUT2D eigenvalue weighted by Crippen LogP contribution is -2.04. The minimum Gasteiger partial charge on any atom is -0.395 e. The molecule has 1 saturated heterocycles. The number of nitrogen functional groups attached to an aromatic ring is 1. The van der Waals surface area contributed by atoms with Crippen LogP contribution in [0.2, 0.25) is 0 Å². The van der Waals surface area contributed by atoms with Gasteiger partial charge in [-0.2, -0.15) is 0 Å². The van der Waals surface area contributed by atoms with Crippen molar-refractivity contribution in [2.75, 3.05) is 12.3 Å². The zero-order valence-electron chi connectivity index (χ0n) is 9.15. The van der Waals surface area contributed by atoms with Crippen molar-refractivity contribution in [1.29, 1.82) is 0 Å². The minimum absolute atomic E-state index is 0.227. The molecule has 0 aromatic carbocycles. The zero-order chi connectivity index (χ0) is 11.8. The van der Waals surface area contributed by atoms with E-state index >= 15 is 0 Å². The van der Waals surface area contributed by atoms with Crippen molar-refractivity contribution in [3.63, 3.8) is 0 Å². The maximum absolute atomic E-state index is 9.15. The number of fused-ring (bicyclic) bond motifs is 1. The van der Waals surface area contributed by atoms with Crippen LogP contribution in [0.5, 0.6) is 0 Å². The van der Waals surface area contributed by atoms with E-state index in [4.69, 9.17) is 10.8 Å². The molecule has 0 unspecified atom stereocenters. The van der Waals surface area contributed by atoms with Crippen LogP contribution in [-0.2, 0) is 0 Å². The molecule has 1 aliphatic rings. The Morgan fingerprint density at radius 2 is 2.29 bits per heavy atom. The molecule has 1 fully saturated rings. The molecule has 90 valence electrons. The van der Waals surface area contributed by atoms with Gasteiger partial charge in [0.05, 0.1) is 18.3 Å².